The quantitative estimate of drug-likeness (QED) is 0.566. The number of nitrogens with zero attached hydrogens (tertiary/aromatic N) is 4. The van der Waals surface area contributed by atoms with Gasteiger partial charge in [-0.15, -0.1) is 0 Å². The number of rotatable bonds is 3. The van der Waals surface area contributed by atoms with E-state index in [1.165, 1.54) is 6.07 Å². The minimum atomic E-state index is -0.0177. The van der Waals surface area contributed by atoms with E-state index in [9.17, 15) is 5.11 Å². The Kier molecular flexibility index (Phi) is 3.13. The number of fused-ring (bicyclic) bond motifs is 1. The third-order valence-electron chi connectivity index (χ3n) is 3.67. The minimum Gasteiger partial charge on any atom is -0.504 e. The van der Waals surface area contributed by atoms with E-state index in [0.717, 1.165) is 16.8 Å². The first-order chi connectivity index (χ1) is 11.6. The molecular formula is C17H15N5O2. The molecule has 0 atom stereocenters. The van der Waals surface area contributed by atoms with Crippen LogP contribution >= 0.6 is 0 Å². The molecule has 4 rings (SSSR count). The molecule has 0 radical (unpaired) electrons. The molecule has 7 heteroatoms. The Labute approximate surface area is 137 Å². The second-order valence-electron chi connectivity index (χ2n) is 5.51. The fourth-order valence-corrected chi connectivity index (χ4v) is 2.52. The Bertz CT molecular complexity index is 1030. The fourth-order valence-electron chi connectivity index (χ4n) is 2.52. The van der Waals surface area contributed by atoms with Crippen molar-refractivity contribution in [2.24, 2.45) is 7.05 Å². The van der Waals surface area contributed by atoms with Crippen LogP contribution in [0.1, 0.15) is 0 Å². The number of nitrogen functional groups attached to an aromatic ring is 1. The smallest absolute Gasteiger partial charge is 0.169 e. The van der Waals surface area contributed by atoms with Gasteiger partial charge in [-0.1, -0.05) is 0 Å². The maximum absolute atomic E-state index is 10.0. The Morgan fingerprint density at radius 1 is 1.12 bits per heavy atom. The number of hydrogen-bond donors (Lipinski definition) is 2. The molecule has 0 spiro atoms. The van der Waals surface area contributed by atoms with Crippen LogP contribution < -0.4 is 10.5 Å². The third-order valence-corrected chi connectivity index (χ3v) is 3.67. The van der Waals surface area contributed by atoms with Crippen LogP contribution in [0, 0.1) is 0 Å². The van der Waals surface area contributed by atoms with Gasteiger partial charge >= 0.3 is 0 Å². The van der Waals surface area contributed by atoms with Crippen LogP contribution in [0.25, 0.3) is 16.8 Å². The number of phenolic OH excluding ortho intramolecular Hbond substituents is 1. The maximum Gasteiger partial charge on any atom is 0.169 e. The van der Waals surface area contributed by atoms with Crippen molar-refractivity contribution in [2.75, 3.05) is 5.73 Å². The molecule has 4 aromatic rings. The lowest BCUT2D eigenvalue weighted by Crippen LogP contribution is -1.94. The van der Waals surface area contributed by atoms with Crippen LogP contribution in [0.2, 0.25) is 0 Å². The number of benzene rings is 1. The van der Waals surface area contributed by atoms with Crippen LogP contribution in [0.3, 0.4) is 0 Å². The zero-order valence-electron chi connectivity index (χ0n) is 12.9. The second-order valence-corrected chi connectivity index (χ2v) is 5.51. The fraction of sp³-hybridized carbons (Fsp3) is 0.0588. The minimum absolute atomic E-state index is 0.0177. The van der Waals surface area contributed by atoms with Crippen molar-refractivity contribution in [1.82, 2.24) is 19.2 Å². The summed E-state index contributed by atoms with van der Waals surface area (Å²) in [6, 6.07) is 8.46. The standard InChI is InChI=1S/C17H15N5O2/c1-21-9-13(19-10-21)11-6-17(14-4-5-20-22(14)8-11)24-16-3-2-12(18)7-15(16)23/h2-10,23H,18H2,1H3. The van der Waals surface area contributed by atoms with Crippen LogP contribution in [0.5, 0.6) is 17.2 Å². The van der Waals surface area contributed by atoms with Crippen LogP contribution in [0.4, 0.5) is 5.69 Å². The Morgan fingerprint density at radius 3 is 2.75 bits per heavy atom. The lowest BCUT2D eigenvalue weighted by atomic mass is 10.2. The van der Waals surface area contributed by atoms with Crippen molar-refractivity contribution in [3.05, 3.63) is 55.2 Å². The molecule has 3 aromatic heterocycles. The number of aromatic hydroxyl groups is 1. The van der Waals surface area contributed by atoms with E-state index < -0.39 is 0 Å². The SMILES string of the molecule is Cn1cnc(-c2cc(Oc3ccc(N)cc3O)c3ccnn3c2)c1. The summed E-state index contributed by atoms with van der Waals surface area (Å²) in [4.78, 5) is 4.35. The molecule has 0 unspecified atom stereocenters. The number of aromatic nitrogens is 4. The van der Waals surface area contributed by atoms with E-state index in [4.69, 9.17) is 10.5 Å². The summed E-state index contributed by atoms with van der Waals surface area (Å²) < 4.78 is 9.49. The molecule has 0 saturated carbocycles. The van der Waals surface area contributed by atoms with Crippen molar-refractivity contribution >= 4 is 11.2 Å². The van der Waals surface area contributed by atoms with Gasteiger partial charge in [0.1, 0.15) is 5.52 Å². The predicted molar refractivity (Wildman–Crippen MR) is 90.0 cm³/mol. The molecule has 120 valence electrons. The van der Waals surface area contributed by atoms with E-state index in [0.29, 0.717) is 17.2 Å². The Hall–Kier alpha value is -3.48. The van der Waals surface area contributed by atoms with E-state index in [1.807, 2.05) is 36.1 Å². The van der Waals surface area contributed by atoms with Gasteiger partial charge in [0.15, 0.2) is 17.2 Å². The summed E-state index contributed by atoms with van der Waals surface area (Å²) in [6.45, 7) is 0. The average Bonchev–Trinajstić information content (AvgIpc) is 3.18. The first-order valence-corrected chi connectivity index (χ1v) is 7.32. The maximum atomic E-state index is 10.0. The van der Waals surface area contributed by atoms with Gasteiger partial charge in [0.05, 0.1) is 18.2 Å². The Balaban J connectivity index is 1.83. The summed E-state index contributed by atoms with van der Waals surface area (Å²) in [7, 11) is 1.91. The molecule has 0 fully saturated rings. The van der Waals surface area contributed by atoms with Gasteiger partial charge in [0.25, 0.3) is 0 Å². The molecular weight excluding hydrogens is 306 g/mol. The van der Waals surface area contributed by atoms with Gasteiger partial charge in [0.2, 0.25) is 0 Å². The van der Waals surface area contributed by atoms with Crippen molar-refractivity contribution in [2.45, 2.75) is 0 Å². The van der Waals surface area contributed by atoms with Crippen molar-refractivity contribution in [3.8, 4) is 28.5 Å². The number of pyridine rings is 1. The zero-order valence-corrected chi connectivity index (χ0v) is 12.9. The predicted octanol–water partition coefficient (Wildman–Crippen LogP) is 2.81. The molecule has 0 bridgehead atoms. The van der Waals surface area contributed by atoms with E-state index >= 15 is 0 Å². The van der Waals surface area contributed by atoms with Gasteiger partial charge in [-0.3, -0.25) is 0 Å². The highest BCUT2D eigenvalue weighted by Crippen LogP contribution is 2.35. The highest BCUT2D eigenvalue weighted by molar-refractivity contribution is 5.69. The topological polar surface area (TPSA) is 90.6 Å². The zero-order chi connectivity index (χ0) is 16.7. The number of anilines is 1. The Morgan fingerprint density at radius 2 is 2.00 bits per heavy atom. The first kappa shape index (κ1) is 14.1. The third kappa shape index (κ3) is 2.41. The summed E-state index contributed by atoms with van der Waals surface area (Å²) in [5, 5.41) is 14.3. The van der Waals surface area contributed by atoms with Gasteiger partial charge in [-0.25, -0.2) is 9.50 Å². The van der Waals surface area contributed by atoms with Crippen molar-refractivity contribution in [3.63, 3.8) is 0 Å². The van der Waals surface area contributed by atoms with Gasteiger partial charge in [0, 0.05) is 36.8 Å². The second kappa shape index (κ2) is 5.31. The highest BCUT2D eigenvalue weighted by Gasteiger charge is 2.12. The lowest BCUT2D eigenvalue weighted by Gasteiger charge is -2.11. The van der Waals surface area contributed by atoms with Gasteiger partial charge in [-0.2, -0.15) is 5.10 Å². The van der Waals surface area contributed by atoms with E-state index in [2.05, 4.69) is 10.1 Å². The number of imidazole rings is 1. The van der Waals surface area contributed by atoms with Crippen molar-refractivity contribution < 1.29 is 9.84 Å². The first-order valence-electron chi connectivity index (χ1n) is 7.32. The molecule has 0 amide bonds. The van der Waals surface area contributed by atoms with Crippen molar-refractivity contribution in [1.29, 1.82) is 0 Å². The molecule has 3 heterocycles. The molecule has 3 N–H and O–H groups in total. The van der Waals surface area contributed by atoms with E-state index in [-0.39, 0.29) is 5.75 Å². The largest absolute Gasteiger partial charge is 0.504 e. The summed E-state index contributed by atoms with van der Waals surface area (Å²) in [5.74, 6) is 0.872. The number of phenols is 1. The lowest BCUT2D eigenvalue weighted by molar-refractivity contribution is 0.413. The number of ether oxygens (including phenoxy) is 1. The van der Waals surface area contributed by atoms with Crippen LogP contribution in [-0.2, 0) is 7.05 Å². The van der Waals surface area contributed by atoms with Crippen LogP contribution in [0.15, 0.2) is 55.2 Å². The van der Waals surface area contributed by atoms with E-state index in [1.54, 1.807) is 29.2 Å². The molecule has 0 saturated heterocycles. The normalized spacial score (nSPS) is 11.0. The highest BCUT2D eigenvalue weighted by atomic mass is 16.5. The summed E-state index contributed by atoms with van der Waals surface area (Å²) in [6.07, 6.45) is 7.21. The molecule has 0 aliphatic rings. The van der Waals surface area contributed by atoms with Gasteiger partial charge < -0.3 is 20.1 Å². The number of aryl methyl sites for hydroxylation is 1. The summed E-state index contributed by atoms with van der Waals surface area (Å²) in [5.41, 5.74) is 8.57. The number of hydrogen-bond acceptors (Lipinski definition) is 5. The molecule has 7 nitrogen and oxygen atoms in total. The molecule has 24 heavy (non-hydrogen) atoms. The number of nitrogens with two attached hydrogens (primary N) is 1. The summed E-state index contributed by atoms with van der Waals surface area (Å²) >= 11 is 0. The monoisotopic (exact) mass is 321 g/mol. The molecule has 0 aliphatic carbocycles. The van der Waals surface area contributed by atoms with Crippen LogP contribution in [-0.4, -0.2) is 24.3 Å². The molecule has 1 aromatic carbocycles. The van der Waals surface area contributed by atoms with Gasteiger partial charge in [-0.05, 0) is 24.3 Å². The molecule has 0 aliphatic heterocycles. The average molecular weight is 321 g/mol.